The van der Waals surface area contributed by atoms with Crippen LogP contribution in [0, 0.1) is 0 Å². The molecule has 0 fully saturated rings. The van der Waals surface area contributed by atoms with Crippen LogP contribution >= 0.6 is 0 Å². The van der Waals surface area contributed by atoms with Crippen molar-refractivity contribution in [3.63, 3.8) is 0 Å². The van der Waals surface area contributed by atoms with E-state index in [1.165, 1.54) is 6.07 Å². The molecule has 1 N–H and O–H groups in total. The Morgan fingerprint density at radius 1 is 1.36 bits per heavy atom. The molecule has 2 rings (SSSR count). The molecule has 122 valence electrons. The average Bonchev–Trinajstić information content (AvgIpc) is 2.44. The predicted octanol–water partition coefficient (Wildman–Crippen LogP) is 1.95. The second kappa shape index (κ2) is 5.54. The Kier molecular flexibility index (Phi) is 4.22. The lowest BCUT2D eigenvalue weighted by atomic mass is 9.91. The molecule has 0 saturated carbocycles. The number of nitrogens with zero attached hydrogens (tertiary/aromatic N) is 1. The topological polar surface area (TPSA) is 74.7 Å². The molecule has 1 heterocycles. The predicted molar refractivity (Wildman–Crippen MR) is 71.7 cm³/mol. The van der Waals surface area contributed by atoms with Gasteiger partial charge in [-0.2, -0.15) is 17.5 Å². The summed E-state index contributed by atoms with van der Waals surface area (Å²) in [6, 6.07) is 6.26. The smallest absolute Gasteiger partial charge is 0.406 e. The fourth-order valence-corrected chi connectivity index (χ4v) is 3.83. The van der Waals surface area contributed by atoms with Crippen molar-refractivity contribution in [3.05, 3.63) is 35.4 Å². The van der Waals surface area contributed by atoms with Crippen molar-refractivity contribution in [1.82, 2.24) is 4.31 Å². The summed E-state index contributed by atoms with van der Waals surface area (Å²) < 4.78 is 63.0. The van der Waals surface area contributed by atoms with Crippen LogP contribution in [0.3, 0.4) is 0 Å². The zero-order valence-electron chi connectivity index (χ0n) is 11.5. The van der Waals surface area contributed by atoms with Gasteiger partial charge >= 0.3 is 12.1 Å². The summed E-state index contributed by atoms with van der Waals surface area (Å²) in [7, 11) is -4.68. The molecular formula is C13H14F3NO4S. The molecule has 0 aromatic heterocycles. The van der Waals surface area contributed by atoms with Crippen molar-refractivity contribution < 1.29 is 31.5 Å². The largest absolute Gasteiger partial charge is 0.481 e. The van der Waals surface area contributed by atoms with E-state index in [0.717, 1.165) is 0 Å². The normalized spacial score (nSPS) is 21.2. The number of sulfonamides is 1. The number of hydrogen-bond donors (Lipinski definition) is 1. The number of halogens is 3. The summed E-state index contributed by atoms with van der Waals surface area (Å²) in [6.07, 6.45) is -4.91. The molecule has 0 radical (unpaired) electrons. The number of alkyl halides is 3. The van der Waals surface area contributed by atoms with Gasteiger partial charge in [0.1, 0.15) is 0 Å². The summed E-state index contributed by atoms with van der Waals surface area (Å²) in [5.41, 5.74) is 0.834. The SMILES string of the molecule is CC(C(F)(F)F)S(=O)(=O)N1Cc2ccccc2C(C(=O)O)C1. The van der Waals surface area contributed by atoms with Gasteiger partial charge in [-0.25, -0.2) is 8.42 Å². The number of rotatable bonds is 3. The van der Waals surface area contributed by atoms with Gasteiger partial charge in [0.15, 0.2) is 5.25 Å². The molecule has 1 aromatic carbocycles. The van der Waals surface area contributed by atoms with Gasteiger partial charge in [-0.1, -0.05) is 24.3 Å². The molecule has 0 saturated heterocycles. The van der Waals surface area contributed by atoms with Gasteiger partial charge in [0.25, 0.3) is 0 Å². The summed E-state index contributed by atoms with van der Waals surface area (Å²) in [4.78, 5) is 11.3. The molecule has 0 bridgehead atoms. The van der Waals surface area contributed by atoms with Gasteiger partial charge in [-0.15, -0.1) is 0 Å². The molecule has 0 aliphatic carbocycles. The fraction of sp³-hybridized carbons (Fsp3) is 0.462. The van der Waals surface area contributed by atoms with E-state index in [2.05, 4.69) is 0 Å². The average molecular weight is 337 g/mol. The van der Waals surface area contributed by atoms with Crippen LogP contribution < -0.4 is 0 Å². The van der Waals surface area contributed by atoms with Crippen LogP contribution in [0.5, 0.6) is 0 Å². The van der Waals surface area contributed by atoms with Crippen molar-refractivity contribution in [1.29, 1.82) is 0 Å². The third-order valence-corrected chi connectivity index (χ3v) is 5.89. The van der Waals surface area contributed by atoms with Gasteiger partial charge < -0.3 is 5.11 Å². The maximum atomic E-state index is 12.7. The quantitative estimate of drug-likeness (QED) is 0.915. The van der Waals surface area contributed by atoms with Crippen LogP contribution in [0.1, 0.15) is 24.0 Å². The maximum absolute atomic E-state index is 12.7. The van der Waals surface area contributed by atoms with Crippen molar-refractivity contribution >= 4 is 16.0 Å². The molecule has 0 amide bonds. The van der Waals surface area contributed by atoms with Crippen molar-refractivity contribution in [2.24, 2.45) is 0 Å². The van der Waals surface area contributed by atoms with E-state index in [0.29, 0.717) is 22.4 Å². The minimum atomic E-state index is -4.91. The molecular weight excluding hydrogens is 323 g/mol. The van der Waals surface area contributed by atoms with Crippen LogP contribution in [0.2, 0.25) is 0 Å². The van der Waals surface area contributed by atoms with Crippen LogP contribution in [0.4, 0.5) is 13.2 Å². The summed E-state index contributed by atoms with van der Waals surface area (Å²) in [5, 5.41) is 6.64. The molecule has 22 heavy (non-hydrogen) atoms. The van der Waals surface area contributed by atoms with E-state index in [9.17, 15) is 31.5 Å². The molecule has 9 heteroatoms. The highest BCUT2D eigenvalue weighted by Gasteiger charge is 2.49. The Morgan fingerprint density at radius 3 is 2.50 bits per heavy atom. The first-order valence-corrected chi connectivity index (χ1v) is 7.91. The lowest BCUT2D eigenvalue weighted by Gasteiger charge is -2.34. The molecule has 0 spiro atoms. The Balaban J connectivity index is 2.42. The molecule has 1 aromatic rings. The van der Waals surface area contributed by atoms with Gasteiger partial charge in [0, 0.05) is 13.1 Å². The van der Waals surface area contributed by atoms with Crippen molar-refractivity contribution in [2.75, 3.05) is 6.54 Å². The Labute approximate surface area is 125 Å². The Bertz CT molecular complexity index is 687. The highest BCUT2D eigenvalue weighted by molar-refractivity contribution is 7.89. The van der Waals surface area contributed by atoms with E-state index in [1.807, 2.05) is 0 Å². The molecule has 2 unspecified atom stereocenters. The van der Waals surface area contributed by atoms with E-state index in [1.54, 1.807) is 18.2 Å². The summed E-state index contributed by atoms with van der Waals surface area (Å²) >= 11 is 0. The number of fused-ring (bicyclic) bond motifs is 1. The Morgan fingerprint density at radius 2 is 1.95 bits per heavy atom. The van der Waals surface area contributed by atoms with Gasteiger partial charge in [0.2, 0.25) is 10.0 Å². The molecule has 1 aliphatic heterocycles. The number of carboxylic acid groups (broad SMARTS) is 1. The third kappa shape index (κ3) is 2.95. The minimum Gasteiger partial charge on any atom is -0.481 e. The summed E-state index contributed by atoms with van der Waals surface area (Å²) in [5.74, 6) is -2.45. The van der Waals surface area contributed by atoms with Crippen molar-refractivity contribution in [3.8, 4) is 0 Å². The maximum Gasteiger partial charge on any atom is 0.406 e. The standard InChI is InChI=1S/C13H14F3NO4S/c1-8(13(14,15)16)22(20,21)17-6-9-4-2-3-5-10(9)11(7-17)12(18)19/h2-5,8,11H,6-7H2,1H3,(H,18,19). The second-order valence-electron chi connectivity index (χ2n) is 5.11. The van der Waals surface area contributed by atoms with Gasteiger partial charge in [-0.3, -0.25) is 4.79 Å². The van der Waals surface area contributed by atoms with E-state index < -0.39 is 39.9 Å². The third-order valence-electron chi connectivity index (χ3n) is 3.73. The molecule has 5 nitrogen and oxygen atoms in total. The first-order chi connectivity index (χ1) is 10.0. The number of hydrogen-bond acceptors (Lipinski definition) is 3. The van der Waals surface area contributed by atoms with Gasteiger partial charge in [-0.05, 0) is 18.1 Å². The molecule has 1 aliphatic rings. The van der Waals surface area contributed by atoms with Crippen LogP contribution in [0.25, 0.3) is 0 Å². The second-order valence-corrected chi connectivity index (χ2v) is 7.36. The zero-order valence-corrected chi connectivity index (χ0v) is 12.4. The number of carboxylic acids is 1. The number of benzene rings is 1. The van der Waals surface area contributed by atoms with Gasteiger partial charge in [0.05, 0.1) is 5.92 Å². The van der Waals surface area contributed by atoms with Crippen LogP contribution in [-0.4, -0.2) is 41.8 Å². The van der Waals surface area contributed by atoms with Crippen LogP contribution in [-0.2, 0) is 21.4 Å². The lowest BCUT2D eigenvalue weighted by Crippen LogP contribution is -2.48. The Hall–Kier alpha value is -1.61. The monoisotopic (exact) mass is 337 g/mol. The summed E-state index contributed by atoms with van der Waals surface area (Å²) in [6.45, 7) is -0.205. The fourth-order valence-electron chi connectivity index (χ4n) is 2.37. The van der Waals surface area contributed by atoms with Crippen molar-refractivity contribution in [2.45, 2.75) is 30.8 Å². The highest BCUT2D eigenvalue weighted by Crippen LogP contribution is 2.34. The number of carbonyl (C=O) groups is 1. The molecule has 2 atom stereocenters. The zero-order chi connectivity index (χ0) is 16.7. The van der Waals surface area contributed by atoms with E-state index >= 15 is 0 Å². The first kappa shape index (κ1) is 16.8. The minimum absolute atomic E-state index is 0.261. The van der Waals surface area contributed by atoms with E-state index in [4.69, 9.17) is 0 Å². The number of aliphatic carboxylic acids is 1. The van der Waals surface area contributed by atoms with Crippen LogP contribution in [0.15, 0.2) is 24.3 Å². The lowest BCUT2D eigenvalue weighted by molar-refractivity contribution is -0.139. The first-order valence-electron chi connectivity index (χ1n) is 6.41. The highest BCUT2D eigenvalue weighted by atomic mass is 32.2. The van der Waals surface area contributed by atoms with E-state index in [-0.39, 0.29) is 6.54 Å².